The van der Waals surface area contributed by atoms with Crippen molar-refractivity contribution in [3.05, 3.63) is 57.5 Å². The van der Waals surface area contributed by atoms with E-state index in [9.17, 15) is 14.4 Å². The second-order valence-electron chi connectivity index (χ2n) is 8.02. The molecule has 1 saturated carbocycles. The minimum Gasteiger partial charge on any atom is -0.365 e. The van der Waals surface area contributed by atoms with E-state index in [4.69, 9.17) is 5.73 Å². The number of nitrogens with one attached hydrogen (secondary N) is 1. The van der Waals surface area contributed by atoms with Gasteiger partial charge in [0.15, 0.2) is 5.65 Å². The Morgan fingerprint density at radius 3 is 2.40 bits per heavy atom. The predicted octanol–water partition coefficient (Wildman–Crippen LogP) is 2.54. The molecule has 2 aromatic heterocycles. The molecule has 0 spiro atoms. The third-order valence-corrected chi connectivity index (χ3v) is 5.77. The van der Waals surface area contributed by atoms with Crippen LogP contribution in [0.25, 0.3) is 16.9 Å². The Labute approximate surface area is 173 Å². The summed E-state index contributed by atoms with van der Waals surface area (Å²) in [5, 5.41) is 2.68. The van der Waals surface area contributed by atoms with Crippen LogP contribution in [-0.4, -0.2) is 45.4 Å². The quantitative estimate of drug-likeness (QED) is 0.692. The molecule has 4 rings (SSSR count). The summed E-state index contributed by atoms with van der Waals surface area (Å²) in [4.78, 5) is 43.0. The zero-order valence-corrected chi connectivity index (χ0v) is 17.1. The van der Waals surface area contributed by atoms with Gasteiger partial charge in [0.25, 0.3) is 17.4 Å². The monoisotopic (exact) mass is 407 g/mol. The molecule has 8 heteroatoms. The van der Waals surface area contributed by atoms with Crippen molar-refractivity contribution in [2.75, 3.05) is 14.1 Å². The number of H-pyrrole nitrogens is 1. The molecule has 3 N–H and O–H groups in total. The first-order chi connectivity index (χ1) is 14.4. The highest BCUT2D eigenvalue weighted by atomic mass is 16.2. The van der Waals surface area contributed by atoms with Crippen molar-refractivity contribution < 1.29 is 9.59 Å². The Hall–Kier alpha value is -3.42. The molecule has 0 radical (unpaired) electrons. The second-order valence-corrected chi connectivity index (χ2v) is 8.02. The number of nitrogens with two attached hydrogens (primary N) is 1. The van der Waals surface area contributed by atoms with Crippen molar-refractivity contribution in [3.63, 3.8) is 0 Å². The topological polar surface area (TPSA) is 114 Å². The lowest BCUT2D eigenvalue weighted by Crippen LogP contribution is -2.25. The average molecular weight is 407 g/mol. The van der Waals surface area contributed by atoms with E-state index in [1.54, 1.807) is 14.1 Å². The summed E-state index contributed by atoms with van der Waals surface area (Å²) in [5.74, 6) is -0.706. The van der Waals surface area contributed by atoms with Crippen molar-refractivity contribution in [3.8, 4) is 11.3 Å². The Morgan fingerprint density at radius 1 is 1.13 bits per heavy atom. The number of fused-ring (bicyclic) bond motifs is 1. The van der Waals surface area contributed by atoms with Gasteiger partial charge in [0, 0.05) is 25.7 Å². The number of primary amides is 1. The van der Waals surface area contributed by atoms with E-state index >= 15 is 0 Å². The molecule has 1 aromatic carbocycles. The van der Waals surface area contributed by atoms with Crippen LogP contribution in [0.15, 0.2) is 35.1 Å². The number of aromatic nitrogens is 3. The Balaban J connectivity index is 1.79. The van der Waals surface area contributed by atoms with Crippen LogP contribution in [0.5, 0.6) is 0 Å². The first-order valence-corrected chi connectivity index (χ1v) is 10.1. The van der Waals surface area contributed by atoms with E-state index in [1.807, 2.05) is 12.1 Å². The van der Waals surface area contributed by atoms with Crippen molar-refractivity contribution in [2.45, 2.75) is 38.0 Å². The highest BCUT2D eigenvalue weighted by Crippen LogP contribution is 2.33. The van der Waals surface area contributed by atoms with Gasteiger partial charge in [-0.1, -0.05) is 43.5 Å². The van der Waals surface area contributed by atoms with Crippen molar-refractivity contribution in [1.82, 2.24) is 19.5 Å². The van der Waals surface area contributed by atoms with Crippen LogP contribution in [0.2, 0.25) is 0 Å². The lowest BCUT2D eigenvalue weighted by Gasteiger charge is -2.22. The fraction of sp³-hybridized carbons (Fsp3) is 0.364. The number of hydrogen-bond acceptors (Lipinski definition) is 4. The van der Waals surface area contributed by atoms with Gasteiger partial charge in [0.1, 0.15) is 11.3 Å². The molecule has 3 aromatic rings. The number of amides is 2. The number of aromatic amines is 1. The summed E-state index contributed by atoms with van der Waals surface area (Å²) in [6.45, 7) is 0. The first kappa shape index (κ1) is 19.9. The number of benzene rings is 1. The molecule has 0 bridgehead atoms. The van der Waals surface area contributed by atoms with E-state index in [0.717, 1.165) is 10.1 Å². The van der Waals surface area contributed by atoms with E-state index in [1.165, 1.54) is 48.6 Å². The molecular weight excluding hydrogens is 382 g/mol. The number of carbonyl (C=O) groups excluding carboxylic acids is 2. The minimum absolute atomic E-state index is 0.0477. The zero-order chi connectivity index (χ0) is 21.4. The predicted molar refractivity (Wildman–Crippen MR) is 114 cm³/mol. The van der Waals surface area contributed by atoms with E-state index in [0.29, 0.717) is 11.6 Å². The third-order valence-electron chi connectivity index (χ3n) is 5.77. The van der Waals surface area contributed by atoms with Gasteiger partial charge >= 0.3 is 0 Å². The van der Waals surface area contributed by atoms with Crippen LogP contribution >= 0.6 is 0 Å². The normalized spacial score (nSPS) is 14.7. The lowest BCUT2D eigenvalue weighted by molar-refractivity contribution is 0.0815. The van der Waals surface area contributed by atoms with Gasteiger partial charge in [-0.2, -0.15) is 0 Å². The standard InChI is InChI=1S/C22H25N5O3/c1-26(2)22(30)19-18(20(23)29)21-24-16(12-17(28)27(21)25-19)15-10-8-14(9-11-15)13-6-4-3-5-7-13/h8-13,25H,3-7H2,1-2H3,(H2,23,29). The van der Waals surface area contributed by atoms with Crippen LogP contribution in [0.4, 0.5) is 0 Å². The molecule has 2 heterocycles. The van der Waals surface area contributed by atoms with Gasteiger partial charge in [-0.25, -0.2) is 9.50 Å². The van der Waals surface area contributed by atoms with Crippen LogP contribution in [-0.2, 0) is 0 Å². The summed E-state index contributed by atoms with van der Waals surface area (Å²) >= 11 is 0. The number of carbonyl (C=O) groups is 2. The fourth-order valence-electron chi connectivity index (χ4n) is 4.16. The van der Waals surface area contributed by atoms with Gasteiger partial charge < -0.3 is 10.6 Å². The highest BCUT2D eigenvalue weighted by Gasteiger charge is 2.25. The highest BCUT2D eigenvalue weighted by molar-refractivity contribution is 6.09. The van der Waals surface area contributed by atoms with Crippen LogP contribution < -0.4 is 11.3 Å². The minimum atomic E-state index is -0.823. The molecular formula is C22H25N5O3. The molecule has 1 fully saturated rings. The Kier molecular flexibility index (Phi) is 5.15. The number of nitrogens with zero attached hydrogens (tertiary/aromatic N) is 3. The summed E-state index contributed by atoms with van der Waals surface area (Å²) in [6, 6.07) is 9.45. The van der Waals surface area contributed by atoms with E-state index in [2.05, 4.69) is 22.2 Å². The SMILES string of the molecule is CN(C)C(=O)c1[nH]n2c(=O)cc(-c3ccc(C4CCCCC4)cc3)nc2c1C(N)=O. The van der Waals surface area contributed by atoms with Gasteiger partial charge in [-0.15, -0.1) is 0 Å². The number of hydrogen-bond donors (Lipinski definition) is 2. The van der Waals surface area contributed by atoms with Crippen LogP contribution in [0.3, 0.4) is 0 Å². The largest absolute Gasteiger partial charge is 0.365 e. The van der Waals surface area contributed by atoms with Crippen molar-refractivity contribution >= 4 is 17.5 Å². The molecule has 0 saturated heterocycles. The molecule has 1 aliphatic rings. The molecule has 156 valence electrons. The molecule has 0 atom stereocenters. The van der Waals surface area contributed by atoms with Crippen molar-refractivity contribution in [2.24, 2.45) is 5.73 Å². The van der Waals surface area contributed by atoms with Crippen LogP contribution in [0.1, 0.15) is 64.4 Å². The van der Waals surface area contributed by atoms with Gasteiger partial charge in [-0.05, 0) is 24.3 Å². The lowest BCUT2D eigenvalue weighted by atomic mass is 9.84. The second kappa shape index (κ2) is 7.78. The summed E-state index contributed by atoms with van der Waals surface area (Å²) < 4.78 is 1.08. The average Bonchev–Trinajstić information content (AvgIpc) is 3.14. The molecule has 8 nitrogen and oxygen atoms in total. The van der Waals surface area contributed by atoms with Crippen LogP contribution in [0, 0.1) is 0 Å². The van der Waals surface area contributed by atoms with Crippen molar-refractivity contribution in [1.29, 1.82) is 0 Å². The Bertz CT molecular complexity index is 1170. The third kappa shape index (κ3) is 3.49. The maximum absolute atomic E-state index is 12.7. The molecule has 30 heavy (non-hydrogen) atoms. The zero-order valence-electron chi connectivity index (χ0n) is 17.1. The van der Waals surface area contributed by atoms with Gasteiger partial charge in [0.2, 0.25) is 0 Å². The van der Waals surface area contributed by atoms with E-state index in [-0.39, 0.29) is 16.9 Å². The van der Waals surface area contributed by atoms with E-state index < -0.39 is 17.4 Å². The van der Waals surface area contributed by atoms with Gasteiger partial charge in [-0.3, -0.25) is 19.5 Å². The number of rotatable bonds is 4. The molecule has 0 unspecified atom stereocenters. The smallest absolute Gasteiger partial charge is 0.273 e. The summed E-state index contributed by atoms with van der Waals surface area (Å²) in [6.07, 6.45) is 6.25. The summed E-state index contributed by atoms with van der Waals surface area (Å²) in [7, 11) is 3.10. The maximum Gasteiger partial charge on any atom is 0.273 e. The fourth-order valence-corrected chi connectivity index (χ4v) is 4.16. The molecule has 0 aliphatic heterocycles. The Morgan fingerprint density at radius 2 is 1.80 bits per heavy atom. The maximum atomic E-state index is 12.7. The molecule has 2 amide bonds. The summed E-state index contributed by atoms with van der Waals surface area (Å²) in [5.41, 5.74) is 7.50. The first-order valence-electron chi connectivity index (χ1n) is 10.1. The van der Waals surface area contributed by atoms with Gasteiger partial charge in [0.05, 0.1) is 5.69 Å². The molecule has 1 aliphatic carbocycles.